The predicted molar refractivity (Wildman–Crippen MR) is 118 cm³/mol. The second-order valence-corrected chi connectivity index (χ2v) is 6.34. The molecule has 12 heteroatoms. The van der Waals surface area contributed by atoms with Gasteiger partial charge in [0, 0.05) is 23.9 Å². The van der Waals surface area contributed by atoms with E-state index in [1.807, 2.05) is 13.8 Å². The van der Waals surface area contributed by atoms with Gasteiger partial charge in [0.15, 0.2) is 17.3 Å². The topological polar surface area (TPSA) is 91.7 Å². The van der Waals surface area contributed by atoms with Crippen molar-refractivity contribution in [2.45, 2.75) is 27.4 Å². The SMILES string of the molecule is CC.CCOC(=O)c1cn(-c2c(F)cc(OC)cc2F)c(NC(=O)c2ccc(OC(F)F)cc2)n1. The number of ether oxygens (including phenoxy) is 3. The number of hydrogen-bond donors (Lipinski definition) is 1. The number of esters is 1. The molecule has 1 heterocycles. The summed E-state index contributed by atoms with van der Waals surface area (Å²) in [4.78, 5) is 28.6. The van der Waals surface area contributed by atoms with Crippen molar-refractivity contribution in [3.8, 4) is 17.2 Å². The highest BCUT2D eigenvalue weighted by Crippen LogP contribution is 2.27. The first-order valence-electron chi connectivity index (χ1n) is 10.4. The molecule has 0 bridgehead atoms. The number of methoxy groups -OCH3 is 1. The van der Waals surface area contributed by atoms with Gasteiger partial charge in [0.05, 0.1) is 13.7 Å². The van der Waals surface area contributed by atoms with Crippen LogP contribution in [0.3, 0.4) is 0 Å². The quantitative estimate of drug-likeness (QED) is 0.339. The standard InChI is InChI=1S/C21H17F4N3O5.C2H6/c1-3-32-19(30)16-10-28(17-14(22)8-13(31-2)9-15(17)23)21(26-16)27-18(29)11-4-6-12(7-5-11)33-20(24)25;1-2/h4-10,20H,3H2,1-2H3,(H,26,27,29);1-2H3. The number of carbonyl (C=O) groups is 2. The lowest BCUT2D eigenvalue weighted by Crippen LogP contribution is -2.16. The zero-order valence-electron chi connectivity index (χ0n) is 19.3. The number of imidazole rings is 1. The van der Waals surface area contributed by atoms with Gasteiger partial charge < -0.3 is 14.2 Å². The van der Waals surface area contributed by atoms with E-state index in [1.165, 1.54) is 19.2 Å². The molecule has 0 aliphatic rings. The van der Waals surface area contributed by atoms with Crippen LogP contribution in [0.15, 0.2) is 42.6 Å². The second-order valence-electron chi connectivity index (χ2n) is 6.34. The lowest BCUT2D eigenvalue weighted by molar-refractivity contribution is -0.0498. The zero-order chi connectivity index (χ0) is 26.1. The van der Waals surface area contributed by atoms with Crippen molar-refractivity contribution < 1.29 is 41.4 Å². The van der Waals surface area contributed by atoms with Crippen LogP contribution in [0.25, 0.3) is 5.69 Å². The molecule has 3 aromatic rings. The molecule has 0 radical (unpaired) electrons. The monoisotopic (exact) mass is 497 g/mol. The highest BCUT2D eigenvalue weighted by molar-refractivity contribution is 6.04. The van der Waals surface area contributed by atoms with Crippen LogP contribution in [0.2, 0.25) is 0 Å². The maximum absolute atomic E-state index is 14.7. The first kappa shape index (κ1) is 27.2. The Balaban J connectivity index is 0.00000210. The number of hydrogen-bond acceptors (Lipinski definition) is 6. The Morgan fingerprint density at radius 1 is 1.06 bits per heavy atom. The molecule has 1 amide bonds. The van der Waals surface area contributed by atoms with Crippen LogP contribution in [0.4, 0.5) is 23.5 Å². The predicted octanol–water partition coefficient (Wildman–Crippen LogP) is 5.22. The van der Waals surface area contributed by atoms with Crippen molar-refractivity contribution >= 4 is 17.8 Å². The lowest BCUT2D eigenvalue weighted by Gasteiger charge is -2.12. The smallest absolute Gasteiger partial charge is 0.387 e. The molecule has 0 aliphatic carbocycles. The van der Waals surface area contributed by atoms with Crippen LogP contribution >= 0.6 is 0 Å². The number of amides is 1. The van der Waals surface area contributed by atoms with Crippen molar-refractivity contribution in [3.63, 3.8) is 0 Å². The minimum Gasteiger partial charge on any atom is -0.497 e. The summed E-state index contributed by atoms with van der Waals surface area (Å²) in [5.41, 5.74) is -0.947. The van der Waals surface area contributed by atoms with E-state index in [2.05, 4.69) is 15.0 Å². The number of nitrogens with zero attached hydrogens (tertiary/aromatic N) is 2. The van der Waals surface area contributed by atoms with E-state index in [0.717, 1.165) is 35.0 Å². The summed E-state index contributed by atoms with van der Waals surface area (Å²) >= 11 is 0. The van der Waals surface area contributed by atoms with Gasteiger partial charge in [0.25, 0.3) is 5.91 Å². The number of carbonyl (C=O) groups excluding carboxylic acids is 2. The minimum atomic E-state index is -3.03. The van der Waals surface area contributed by atoms with Crippen LogP contribution in [-0.2, 0) is 4.74 Å². The van der Waals surface area contributed by atoms with Gasteiger partial charge in [-0.05, 0) is 31.2 Å². The van der Waals surface area contributed by atoms with Crippen LogP contribution in [0.5, 0.6) is 11.5 Å². The lowest BCUT2D eigenvalue weighted by atomic mass is 10.2. The number of halogens is 4. The first-order chi connectivity index (χ1) is 16.7. The Hall–Kier alpha value is -4.09. The molecular formula is C23H23F4N3O5. The Morgan fingerprint density at radius 3 is 2.17 bits per heavy atom. The summed E-state index contributed by atoms with van der Waals surface area (Å²) < 4.78 is 68.6. The molecule has 1 aromatic heterocycles. The fraction of sp³-hybridized carbons (Fsp3) is 0.261. The van der Waals surface area contributed by atoms with Gasteiger partial charge in [-0.2, -0.15) is 8.78 Å². The molecule has 2 aromatic carbocycles. The molecule has 0 atom stereocenters. The summed E-state index contributed by atoms with van der Waals surface area (Å²) in [6.45, 7) is 2.54. The molecule has 0 aliphatic heterocycles. The Kier molecular flexibility index (Phi) is 9.62. The van der Waals surface area contributed by atoms with E-state index in [9.17, 15) is 27.2 Å². The molecular weight excluding hydrogens is 474 g/mol. The largest absolute Gasteiger partial charge is 0.497 e. The minimum absolute atomic E-state index is 0.000439. The molecule has 0 saturated heterocycles. The number of aromatic nitrogens is 2. The summed E-state index contributed by atoms with van der Waals surface area (Å²) in [6, 6.07) is 6.49. The summed E-state index contributed by atoms with van der Waals surface area (Å²) in [6.07, 6.45) is 1.00. The van der Waals surface area contributed by atoms with E-state index in [0.29, 0.717) is 0 Å². The Morgan fingerprint density at radius 2 is 1.66 bits per heavy atom. The third-order valence-electron chi connectivity index (χ3n) is 4.22. The summed E-state index contributed by atoms with van der Waals surface area (Å²) in [7, 11) is 1.23. The van der Waals surface area contributed by atoms with Crippen molar-refractivity contribution in [3.05, 3.63) is 65.5 Å². The van der Waals surface area contributed by atoms with Gasteiger partial charge in [-0.25, -0.2) is 18.6 Å². The third-order valence-corrected chi connectivity index (χ3v) is 4.22. The number of anilines is 1. The molecule has 8 nitrogen and oxygen atoms in total. The van der Waals surface area contributed by atoms with Crippen LogP contribution in [0.1, 0.15) is 41.6 Å². The van der Waals surface area contributed by atoms with E-state index in [1.54, 1.807) is 6.92 Å². The maximum Gasteiger partial charge on any atom is 0.387 e. The molecule has 0 fully saturated rings. The molecule has 1 N–H and O–H groups in total. The summed E-state index contributed by atoms with van der Waals surface area (Å²) in [5.74, 6) is -4.43. The van der Waals surface area contributed by atoms with E-state index in [4.69, 9.17) is 9.47 Å². The molecule has 3 rings (SSSR count). The van der Waals surface area contributed by atoms with Gasteiger partial charge in [-0.1, -0.05) is 13.8 Å². The van der Waals surface area contributed by atoms with Gasteiger partial charge >= 0.3 is 12.6 Å². The number of rotatable bonds is 8. The van der Waals surface area contributed by atoms with Gasteiger partial charge in [0.1, 0.15) is 17.2 Å². The number of nitrogens with one attached hydrogen (secondary N) is 1. The molecule has 0 unspecified atom stereocenters. The Labute approximate surface area is 198 Å². The van der Waals surface area contributed by atoms with Crippen molar-refractivity contribution in [2.75, 3.05) is 19.0 Å². The fourth-order valence-corrected chi connectivity index (χ4v) is 2.79. The maximum atomic E-state index is 14.7. The van der Waals surface area contributed by atoms with Crippen LogP contribution in [-0.4, -0.2) is 41.8 Å². The molecule has 0 saturated carbocycles. The van der Waals surface area contributed by atoms with E-state index in [-0.39, 0.29) is 35.3 Å². The Bertz CT molecular complexity index is 1140. The van der Waals surface area contributed by atoms with Crippen LogP contribution in [0, 0.1) is 11.6 Å². The number of alkyl halides is 2. The third kappa shape index (κ3) is 6.71. The summed E-state index contributed by atoms with van der Waals surface area (Å²) in [5, 5.41) is 2.34. The number of benzene rings is 2. The van der Waals surface area contributed by atoms with E-state index < -0.39 is 35.8 Å². The average molecular weight is 497 g/mol. The van der Waals surface area contributed by atoms with Crippen molar-refractivity contribution in [1.82, 2.24) is 9.55 Å². The van der Waals surface area contributed by atoms with Crippen molar-refractivity contribution in [2.24, 2.45) is 0 Å². The fourth-order valence-electron chi connectivity index (χ4n) is 2.79. The van der Waals surface area contributed by atoms with Gasteiger partial charge in [-0.3, -0.25) is 14.7 Å². The second kappa shape index (κ2) is 12.4. The molecule has 35 heavy (non-hydrogen) atoms. The average Bonchev–Trinajstić information content (AvgIpc) is 3.23. The zero-order valence-corrected chi connectivity index (χ0v) is 19.3. The highest BCUT2D eigenvalue weighted by atomic mass is 19.3. The van der Waals surface area contributed by atoms with Gasteiger partial charge in [0.2, 0.25) is 5.95 Å². The molecule has 0 spiro atoms. The van der Waals surface area contributed by atoms with E-state index >= 15 is 0 Å². The molecule has 188 valence electrons. The highest BCUT2D eigenvalue weighted by Gasteiger charge is 2.23. The van der Waals surface area contributed by atoms with Crippen LogP contribution < -0.4 is 14.8 Å². The van der Waals surface area contributed by atoms with Crippen molar-refractivity contribution in [1.29, 1.82) is 0 Å². The first-order valence-corrected chi connectivity index (χ1v) is 10.4. The normalized spacial score (nSPS) is 10.3. The van der Waals surface area contributed by atoms with Gasteiger partial charge in [-0.15, -0.1) is 0 Å².